The number of hydrogen-bond donors (Lipinski definition) is 1. The largest absolute Gasteiger partial charge is 0.490 e. The van der Waals surface area contributed by atoms with Crippen LogP contribution in [0.2, 0.25) is 0 Å². The third-order valence-corrected chi connectivity index (χ3v) is 2.87. The predicted molar refractivity (Wildman–Crippen MR) is 71.5 cm³/mol. The molecule has 4 heteroatoms. The Hall–Kier alpha value is -0.900. The molecule has 0 aliphatic rings. The van der Waals surface area contributed by atoms with Gasteiger partial charge >= 0.3 is 0 Å². The SMILES string of the molecule is CCCOc1cccnc1NC(C)CSC. The molecule has 3 nitrogen and oxygen atoms in total. The van der Waals surface area contributed by atoms with E-state index in [0.717, 1.165) is 30.3 Å². The molecule has 0 bridgehead atoms. The van der Waals surface area contributed by atoms with Crippen molar-refractivity contribution in [1.82, 2.24) is 4.98 Å². The van der Waals surface area contributed by atoms with E-state index in [1.807, 2.05) is 23.9 Å². The molecule has 0 radical (unpaired) electrons. The third-order valence-electron chi connectivity index (χ3n) is 2.03. The maximum Gasteiger partial charge on any atom is 0.168 e. The van der Waals surface area contributed by atoms with Crippen molar-refractivity contribution in [3.63, 3.8) is 0 Å². The number of rotatable bonds is 7. The number of nitrogens with one attached hydrogen (secondary N) is 1. The fourth-order valence-corrected chi connectivity index (χ4v) is 1.94. The van der Waals surface area contributed by atoms with Crippen molar-refractivity contribution in [2.24, 2.45) is 0 Å². The van der Waals surface area contributed by atoms with Crippen molar-refractivity contribution in [3.8, 4) is 5.75 Å². The summed E-state index contributed by atoms with van der Waals surface area (Å²) >= 11 is 1.82. The standard InChI is InChI=1S/C12H20N2OS/c1-4-8-15-11-6-5-7-13-12(11)14-10(2)9-16-3/h5-7,10H,4,8-9H2,1-3H3,(H,13,14). The highest BCUT2D eigenvalue weighted by molar-refractivity contribution is 7.98. The lowest BCUT2D eigenvalue weighted by atomic mass is 10.3. The monoisotopic (exact) mass is 240 g/mol. The van der Waals surface area contributed by atoms with Gasteiger partial charge in [0.05, 0.1) is 6.61 Å². The fourth-order valence-electron chi connectivity index (χ4n) is 1.35. The topological polar surface area (TPSA) is 34.1 Å². The van der Waals surface area contributed by atoms with Gasteiger partial charge in [-0.3, -0.25) is 0 Å². The molecule has 1 unspecified atom stereocenters. The number of aromatic nitrogens is 1. The van der Waals surface area contributed by atoms with Gasteiger partial charge in [-0.25, -0.2) is 4.98 Å². The first-order chi connectivity index (χ1) is 7.77. The van der Waals surface area contributed by atoms with E-state index in [0.29, 0.717) is 6.04 Å². The molecule has 0 saturated carbocycles. The Labute approximate surface area is 102 Å². The summed E-state index contributed by atoms with van der Waals surface area (Å²) in [6, 6.07) is 4.25. The molecule has 90 valence electrons. The van der Waals surface area contributed by atoms with Crippen molar-refractivity contribution in [1.29, 1.82) is 0 Å². The minimum absolute atomic E-state index is 0.397. The lowest BCUT2D eigenvalue weighted by molar-refractivity contribution is 0.317. The fraction of sp³-hybridized carbons (Fsp3) is 0.583. The van der Waals surface area contributed by atoms with Gasteiger partial charge in [-0.2, -0.15) is 11.8 Å². The van der Waals surface area contributed by atoms with Crippen molar-refractivity contribution in [2.45, 2.75) is 26.3 Å². The molecule has 1 rings (SSSR count). The number of pyridine rings is 1. The Morgan fingerprint density at radius 2 is 2.38 bits per heavy atom. The molecule has 1 aromatic rings. The predicted octanol–water partition coefficient (Wildman–Crippen LogP) is 3.03. The first-order valence-corrected chi connectivity index (χ1v) is 7.00. The maximum absolute atomic E-state index is 5.63. The Kier molecular flexibility index (Phi) is 6.08. The second-order valence-corrected chi connectivity index (χ2v) is 4.61. The second-order valence-electron chi connectivity index (χ2n) is 3.70. The first-order valence-electron chi connectivity index (χ1n) is 5.61. The summed E-state index contributed by atoms with van der Waals surface area (Å²) in [7, 11) is 0. The smallest absolute Gasteiger partial charge is 0.168 e. The highest BCUT2D eigenvalue weighted by atomic mass is 32.2. The molecule has 0 fully saturated rings. The van der Waals surface area contributed by atoms with Gasteiger partial charge in [-0.15, -0.1) is 0 Å². The quantitative estimate of drug-likeness (QED) is 0.794. The van der Waals surface area contributed by atoms with Crippen LogP contribution in [0.3, 0.4) is 0 Å². The molecule has 0 spiro atoms. The van der Waals surface area contributed by atoms with Gasteiger partial charge in [-0.05, 0) is 31.7 Å². The first kappa shape index (κ1) is 13.2. The zero-order chi connectivity index (χ0) is 11.8. The summed E-state index contributed by atoms with van der Waals surface area (Å²) in [6.07, 6.45) is 4.90. The lowest BCUT2D eigenvalue weighted by Gasteiger charge is -2.16. The average molecular weight is 240 g/mol. The van der Waals surface area contributed by atoms with Crippen LogP contribution in [0.4, 0.5) is 5.82 Å². The molecule has 1 heterocycles. The van der Waals surface area contributed by atoms with Crippen LogP contribution < -0.4 is 10.1 Å². The Morgan fingerprint density at radius 3 is 3.06 bits per heavy atom. The van der Waals surface area contributed by atoms with Crippen molar-refractivity contribution in [3.05, 3.63) is 18.3 Å². The summed E-state index contributed by atoms with van der Waals surface area (Å²) in [5, 5.41) is 3.36. The molecular formula is C12H20N2OS. The normalized spacial score (nSPS) is 12.2. The third kappa shape index (κ3) is 4.31. The van der Waals surface area contributed by atoms with E-state index in [2.05, 4.69) is 30.4 Å². The summed E-state index contributed by atoms with van der Waals surface area (Å²) in [5.41, 5.74) is 0. The molecule has 16 heavy (non-hydrogen) atoms. The van der Waals surface area contributed by atoms with Gasteiger partial charge in [0.2, 0.25) is 0 Å². The van der Waals surface area contributed by atoms with Gasteiger partial charge in [0.15, 0.2) is 11.6 Å². The average Bonchev–Trinajstić information content (AvgIpc) is 2.28. The molecular weight excluding hydrogens is 220 g/mol. The number of nitrogens with zero attached hydrogens (tertiary/aromatic N) is 1. The summed E-state index contributed by atoms with van der Waals surface area (Å²) < 4.78 is 5.63. The number of anilines is 1. The van der Waals surface area contributed by atoms with E-state index in [1.54, 1.807) is 6.20 Å². The van der Waals surface area contributed by atoms with E-state index < -0.39 is 0 Å². The molecule has 0 aliphatic carbocycles. The minimum Gasteiger partial charge on any atom is -0.490 e. The van der Waals surface area contributed by atoms with E-state index in [9.17, 15) is 0 Å². The molecule has 1 atom stereocenters. The van der Waals surface area contributed by atoms with Crippen molar-refractivity contribution >= 4 is 17.6 Å². The molecule has 0 amide bonds. The second kappa shape index (κ2) is 7.39. The van der Waals surface area contributed by atoms with Crippen LogP contribution in [0.5, 0.6) is 5.75 Å². The van der Waals surface area contributed by atoms with Crippen LogP contribution in [-0.4, -0.2) is 29.6 Å². The number of ether oxygens (including phenoxy) is 1. The zero-order valence-corrected chi connectivity index (χ0v) is 11.0. The number of hydrogen-bond acceptors (Lipinski definition) is 4. The van der Waals surface area contributed by atoms with Gasteiger partial charge in [0, 0.05) is 18.0 Å². The van der Waals surface area contributed by atoms with Crippen molar-refractivity contribution < 1.29 is 4.74 Å². The molecule has 0 saturated heterocycles. The highest BCUT2D eigenvalue weighted by Crippen LogP contribution is 2.22. The van der Waals surface area contributed by atoms with Gasteiger partial charge < -0.3 is 10.1 Å². The molecule has 0 aromatic carbocycles. The van der Waals surface area contributed by atoms with Crippen LogP contribution in [0.15, 0.2) is 18.3 Å². The van der Waals surface area contributed by atoms with Gasteiger partial charge in [0.1, 0.15) is 0 Å². The highest BCUT2D eigenvalue weighted by Gasteiger charge is 2.07. The van der Waals surface area contributed by atoms with E-state index >= 15 is 0 Å². The van der Waals surface area contributed by atoms with E-state index in [-0.39, 0.29) is 0 Å². The van der Waals surface area contributed by atoms with Crippen LogP contribution in [0, 0.1) is 0 Å². The van der Waals surface area contributed by atoms with Gasteiger partial charge in [-0.1, -0.05) is 6.92 Å². The Bertz CT molecular complexity index is 307. The van der Waals surface area contributed by atoms with Crippen LogP contribution in [-0.2, 0) is 0 Å². The molecule has 1 N–H and O–H groups in total. The number of thioether (sulfide) groups is 1. The zero-order valence-electron chi connectivity index (χ0n) is 10.2. The maximum atomic E-state index is 5.63. The van der Waals surface area contributed by atoms with E-state index in [1.165, 1.54) is 0 Å². The van der Waals surface area contributed by atoms with Crippen molar-refractivity contribution in [2.75, 3.05) is 23.9 Å². The minimum atomic E-state index is 0.397. The van der Waals surface area contributed by atoms with E-state index in [4.69, 9.17) is 4.74 Å². The molecule has 0 aliphatic heterocycles. The Morgan fingerprint density at radius 1 is 1.56 bits per heavy atom. The van der Waals surface area contributed by atoms with Gasteiger partial charge in [0.25, 0.3) is 0 Å². The van der Waals surface area contributed by atoms with Crippen LogP contribution in [0.25, 0.3) is 0 Å². The summed E-state index contributed by atoms with van der Waals surface area (Å²) in [4.78, 5) is 4.31. The lowest BCUT2D eigenvalue weighted by Crippen LogP contribution is -2.19. The van der Waals surface area contributed by atoms with Crippen LogP contribution >= 0.6 is 11.8 Å². The van der Waals surface area contributed by atoms with Crippen LogP contribution in [0.1, 0.15) is 20.3 Å². The summed E-state index contributed by atoms with van der Waals surface area (Å²) in [6.45, 7) is 4.98. The Balaban J connectivity index is 2.62. The summed E-state index contributed by atoms with van der Waals surface area (Å²) in [5.74, 6) is 2.75. The molecule has 1 aromatic heterocycles.